The Morgan fingerprint density at radius 2 is 2.07 bits per heavy atom. The highest BCUT2D eigenvalue weighted by Crippen LogP contribution is 2.33. The first-order valence-electron chi connectivity index (χ1n) is 4.33. The molecule has 0 aliphatic heterocycles. The molecule has 0 aliphatic rings. The molecule has 0 radical (unpaired) electrons. The summed E-state index contributed by atoms with van der Waals surface area (Å²) in [6.07, 6.45) is 5.49. The first-order valence-corrected chi connectivity index (χ1v) is 5.12. The van der Waals surface area contributed by atoms with E-state index in [1.807, 2.05) is 32.0 Å². The number of terminal acetylenes is 1. The van der Waals surface area contributed by atoms with E-state index in [-0.39, 0.29) is 5.41 Å². The van der Waals surface area contributed by atoms with E-state index in [1.165, 1.54) is 0 Å². The largest absolute Gasteiger partial charge is 0.496 e. The molecular weight excluding hydrogens is 240 g/mol. The van der Waals surface area contributed by atoms with E-state index < -0.39 is 0 Å². The summed E-state index contributed by atoms with van der Waals surface area (Å²) >= 11 is 3.42. The van der Waals surface area contributed by atoms with Crippen LogP contribution in [0.25, 0.3) is 0 Å². The molecule has 0 aliphatic carbocycles. The Morgan fingerprint density at radius 3 is 2.57 bits per heavy atom. The Bertz CT molecular complexity index is 374. The Hall–Kier alpha value is -0.940. The van der Waals surface area contributed by atoms with E-state index in [2.05, 4.69) is 21.9 Å². The van der Waals surface area contributed by atoms with Gasteiger partial charge in [-0.2, -0.15) is 0 Å². The molecule has 0 saturated heterocycles. The summed E-state index contributed by atoms with van der Waals surface area (Å²) in [4.78, 5) is 0. The van der Waals surface area contributed by atoms with Crippen LogP contribution in [0.3, 0.4) is 0 Å². The molecule has 0 fully saturated rings. The molecule has 1 rings (SSSR count). The fraction of sp³-hybridized carbons (Fsp3) is 0.333. The second-order valence-corrected chi connectivity index (χ2v) is 4.53. The van der Waals surface area contributed by atoms with Crippen molar-refractivity contribution in [2.45, 2.75) is 19.3 Å². The Morgan fingerprint density at radius 1 is 1.43 bits per heavy atom. The lowest BCUT2D eigenvalue weighted by Gasteiger charge is -2.21. The van der Waals surface area contributed by atoms with Gasteiger partial charge in [0.15, 0.2) is 0 Å². The third-order valence-electron chi connectivity index (χ3n) is 2.20. The molecule has 0 unspecified atom stereocenters. The standard InChI is InChI=1S/C12H13BrO/c1-5-12(2,3)10-8-9(13)6-7-11(10)14-4/h1,6-8H,2-4H3. The van der Waals surface area contributed by atoms with Gasteiger partial charge in [-0.3, -0.25) is 0 Å². The van der Waals surface area contributed by atoms with Crippen LogP contribution in [0, 0.1) is 12.3 Å². The van der Waals surface area contributed by atoms with E-state index in [0.29, 0.717) is 0 Å². The average molecular weight is 253 g/mol. The second-order valence-electron chi connectivity index (χ2n) is 3.61. The summed E-state index contributed by atoms with van der Waals surface area (Å²) in [6, 6.07) is 5.85. The van der Waals surface area contributed by atoms with Gasteiger partial charge in [-0.05, 0) is 32.0 Å². The Balaban J connectivity index is 3.32. The van der Waals surface area contributed by atoms with E-state index in [4.69, 9.17) is 11.2 Å². The van der Waals surface area contributed by atoms with Gasteiger partial charge in [0, 0.05) is 10.0 Å². The number of ether oxygens (including phenoxy) is 1. The first-order chi connectivity index (χ1) is 6.51. The topological polar surface area (TPSA) is 9.23 Å². The van der Waals surface area contributed by atoms with Crippen LogP contribution >= 0.6 is 15.9 Å². The van der Waals surface area contributed by atoms with Gasteiger partial charge in [0.2, 0.25) is 0 Å². The lowest BCUT2D eigenvalue weighted by molar-refractivity contribution is 0.403. The summed E-state index contributed by atoms with van der Waals surface area (Å²) in [5.41, 5.74) is 0.714. The van der Waals surface area contributed by atoms with Crippen molar-refractivity contribution in [2.24, 2.45) is 0 Å². The third-order valence-corrected chi connectivity index (χ3v) is 2.69. The summed E-state index contributed by atoms with van der Waals surface area (Å²) < 4.78 is 6.28. The number of halogens is 1. The molecule has 0 aromatic heterocycles. The molecular formula is C12H13BrO. The zero-order valence-corrected chi connectivity index (χ0v) is 10.2. The minimum Gasteiger partial charge on any atom is -0.496 e. The van der Waals surface area contributed by atoms with Crippen molar-refractivity contribution in [1.82, 2.24) is 0 Å². The van der Waals surface area contributed by atoms with Crippen molar-refractivity contribution in [3.8, 4) is 18.1 Å². The van der Waals surface area contributed by atoms with Crippen molar-refractivity contribution in [1.29, 1.82) is 0 Å². The van der Waals surface area contributed by atoms with Crippen LogP contribution in [-0.4, -0.2) is 7.11 Å². The molecule has 0 bridgehead atoms. The van der Waals surface area contributed by atoms with E-state index in [9.17, 15) is 0 Å². The van der Waals surface area contributed by atoms with Crippen molar-refractivity contribution in [3.05, 3.63) is 28.2 Å². The maximum atomic E-state index is 5.49. The lowest BCUT2D eigenvalue weighted by atomic mass is 9.85. The maximum Gasteiger partial charge on any atom is 0.123 e. The lowest BCUT2D eigenvalue weighted by Crippen LogP contribution is -2.15. The molecule has 0 saturated carbocycles. The molecule has 14 heavy (non-hydrogen) atoms. The molecule has 0 N–H and O–H groups in total. The van der Waals surface area contributed by atoms with Gasteiger partial charge in [-0.25, -0.2) is 0 Å². The molecule has 0 atom stereocenters. The van der Waals surface area contributed by atoms with Crippen molar-refractivity contribution in [2.75, 3.05) is 7.11 Å². The van der Waals surface area contributed by atoms with Crippen LogP contribution in [0.5, 0.6) is 5.75 Å². The average Bonchev–Trinajstić information content (AvgIpc) is 2.18. The summed E-state index contributed by atoms with van der Waals surface area (Å²) in [7, 11) is 1.65. The zero-order chi connectivity index (χ0) is 10.8. The van der Waals surface area contributed by atoms with Crippen LogP contribution in [0.2, 0.25) is 0 Å². The van der Waals surface area contributed by atoms with Crippen LogP contribution in [0.4, 0.5) is 0 Å². The minimum atomic E-state index is -0.310. The molecule has 0 amide bonds. The van der Waals surface area contributed by atoms with Crippen LogP contribution in [-0.2, 0) is 5.41 Å². The number of methoxy groups -OCH3 is 1. The van der Waals surface area contributed by atoms with Crippen molar-refractivity contribution in [3.63, 3.8) is 0 Å². The number of hydrogen-bond acceptors (Lipinski definition) is 1. The molecule has 1 nitrogen and oxygen atoms in total. The van der Waals surface area contributed by atoms with Gasteiger partial charge in [-0.15, -0.1) is 6.42 Å². The van der Waals surface area contributed by atoms with Gasteiger partial charge in [-0.1, -0.05) is 21.9 Å². The summed E-state index contributed by atoms with van der Waals surface area (Å²) in [6.45, 7) is 3.99. The second kappa shape index (κ2) is 4.06. The van der Waals surface area contributed by atoms with Gasteiger partial charge >= 0.3 is 0 Å². The molecule has 2 heteroatoms. The number of benzene rings is 1. The minimum absolute atomic E-state index is 0.310. The van der Waals surface area contributed by atoms with Crippen LogP contribution < -0.4 is 4.74 Å². The molecule has 1 aromatic carbocycles. The molecule has 0 heterocycles. The normalized spacial score (nSPS) is 10.8. The van der Waals surface area contributed by atoms with E-state index >= 15 is 0 Å². The van der Waals surface area contributed by atoms with Gasteiger partial charge in [0.05, 0.1) is 12.5 Å². The SMILES string of the molecule is C#CC(C)(C)c1cc(Br)ccc1OC. The van der Waals surface area contributed by atoms with Crippen molar-refractivity contribution < 1.29 is 4.74 Å². The highest BCUT2D eigenvalue weighted by atomic mass is 79.9. The van der Waals surface area contributed by atoms with E-state index in [0.717, 1.165) is 15.8 Å². The number of hydrogen-bond donors (Lipinski definition) is 0. The number of rotatable bonds is 2. The maximum absolute atomic E-state index is 5.49. The Labute approximate surface area is 93.6 Å². The Kier molecular flexibility index (Phi) is 3.23. The third kappa shape index (κ3) is 2.10. The van der Waals surface area contributed by atoms with Gasteiger partial charge in [0.25, 0.3) is 0 Å². The summed E-state index contributed by atoms with van der Waals surface area (Å²) in [5.74, 6) is 3.59. The van der Waals surface area contributed by atoms with Crippen molar-refractivity contribution >= 4 is 15.9 Å². The smallest absolute Gasteiger partial charge is 0.123 e. The molecule has 1 aromatic rings. The van der Waals surface area contributed by atoms with Gasteiger partial charge < -0.3 is 4.74 Å². The summed E-state index contributed by atoms with van der Waals surface area (Å²) in [5, 5.41) is 0. The van der Waals surface area contributed by atoms with Crippen LogP contribution in [0.1, 0.15) is 19.4 Å². The zero-order valence-electron chi connectivity index (χ0n) is 8.60. The van der Waals surface area contributed by atoms with E-state index in [1.54, 1.807) is 7.11 Å². The quantitative estimate of drug-likeness (QED) is 0.734. The molecule has 74 valence electrons. The fourth-order valence-electron chi connectivity index (χ4n) is 1.25. The van der Waals surface area contributed by atoms with Crippen LogP contribution in [0.15, 0.2) is 22.7 Å². The predicted molar refractivity (Wildman–Crippen MR) is 62.6 cm³/mol. The monoisotopic (exact) mass is 252 g/mol. The molecule has 0 spiro atoms. The predicted octanol–water partition coefficient (Wildman–Crippen LogP) is 3.37. The highest BCUT2D eigenvalue weighted by molar-refractivity contribution is 9.10. The first kappa shape index (κ1) is 11.1. The fourth-order valence-corrected chi connectivity index (χ4v) is 1.61. The highest BCUT2D eigenvalue weighted by Gasteiger charge is 2.21. The van der Waals surface area contributed by atoms with Gasteiger partial charge in [0.1, 0.15) is 5.75 Å².